The van der Waals surface area contributed by atoms with Crippen molar-refractivity contribution in [2.75, 3.05) is 38.0 Å². The molecule has 1 saturated heterocycles. The maximum atomic E-state index is 12.9. The van der Waals surface area contributed by atoms with Gasteiger partial charge in [-0.25, -0.2) is 18.4 Å². The summed E-state index contributed by atoms with van der Waals surface area (Å²) in [5, 5.41) is 3.87. The number of nitrogens with one attached hydrogen (secondary N) is 1. The number of aromatic nitrogens is 2. The highest BCUT2D eigenvalue weighted by Crippen LogP contribution is 2.28. The third-order valence-corrected chi connectivity index (χ3v) is 7.70. The van der Waals surface area contributed by atoms with E-state index in [0.29, 0.717) is 54.8 Å². The Balaban J connectivity index is 1.31. The molecular weight excluding hydrogens is 414 g/mol. The summed E-state index contributed by atoms with van der Waals surface area (Å²) in [6.07, 6.45) is 0. The monoisotopic (exact) mass is 437 g/mol. The van der Waals surface area contributed by atoms with Gasteiger partial charge in [-0.2, -0.15) is 4.31 Å². The zero-order valence-corrected chi connectivity index (χ0v) is 18.0. The van der Waals surface area contributed by atoms with Crippen LogP contribution in [0, 0.1) is 6.92 Å². The van der Waals surface area contributed by atoms with Gasteiger partial charge in [0.15, 0.2) is 5.78 Å². The number of ketones is 1. The molecule has 0 radical (unpaired) electrons. The number of Topliss-reactive ketones (excluding diaryl/α,β-unsaturated/α-hetero) is 1. The Morgan fingerprint density at radius 2 is 1.81 bits per heavy atom. The van der Waals surface area contributed by atoms with Crippen LogP contribution in [0.3, 0.4) is 0 Å². The Labute approximate surface area is 181 Å². The van der Waals surface area contributed by atoms with Crippen LogP contribution >= 0.6 is 0 Å². The predicted octanol–water partition coefficient (Wildman–Crippen LogP) is 2.05. The summed E-state index contributed by atoms with van der Waals surface area (Å²) in [6.45, 7) is 4.71. The minimum atomic E-state index is -3.49. The number of carbonyl (C=O) groups excluding carboxylic acids is 1. The van der Waals surface area contributed by atoms with Crippen molar-refractivity contribution in [3.63, 3.8) is 0 Å². The molecule has 1 N–H and O–H groups in total. The predicted molar refractivity (Wildman–Crippen MR) is 118 cm³/mol. The zero-order valence-electron chi connectivity index (χ0n) is 17.2. The number of anilines is 1. The molecular formula is C22H23N5O3S. The van der Waals surface area contributed by atoms with E-state index in [0.717, 1.165) is 16.5 Å². The van der Waals surface area contributed by atoms with Crippen LogP contribution in [0.1, 0.15) is 21.7 Å². The Bertz CT molecular complexity index is 1280. The highest BCUT2D eigenvalue weighted by atomic mass is 32.2. The molecule has 9 heteroatoms. The number of hydrogen-bond donors (Lipinski definition) is 1. The minimum Gasteiger partial charge on any atom is -0.362 e. The fourth-order valence-corrected chi connectivity index (χ4v) is 5.70. The molecule has 160 valence electrons. The van der Waals surface area contributed by atoms with E-state index in [1.165, 1.54) is 0 Å². The van der Waals surface area contributed by atoms with E-state index in [-0.39, 0.29) is 12.3 Å². The second kappa shape index (κ2) is 7.67. The van der Waals surface area contributed by atoms with Gasteiger partial charge in [0.25, 0.3) is 0 Å². The number of benzene rings is 2. The maximum absolute atomic E-state index is 12.9. The molecule has 3 aromatic rings. The van der Waals surface area contributed by atoms with E-state index in [1.54, 1.807) is 22.5 Å². The number of hydrogen-bond acceptors (Lipinski definition) is 7. The van der Waals surface area contributed by atoms with Crippen molar-refractivity contribution in [2.45, 2.75) is 18.4 Å². The zero-order chi connectivity index (χ0) is 21.6. The Kier molecular flexibility index (Phi) is 4.96. The summed E-state index contributed by atoms with van der Waals surface area (Å²) >= 11 is 0. The van der Waals surface area contributed by atoms with Gasteiger partial charge < -0.3 is 5.32 Å². The van der Waals surface area contributed by atoms with Gasteiger partial charge in [0, 0.05) is 31.7 Å². The van der Waals surface area contributed by atoms with Crippen molar-refractivity contribution in [2.24, 2.45) is 0 Å². The summed E-state index contributed by atoms with van der Waals surface area (Å²) in [6, 6.07) is 12.6. The van der Waals surface area contributed by atoms with Crippen LogP contribution in [0.4, 0.5) is 5.82 Å². The molecule has 31 heavy (non-hydrogen) atoms. The molecule has 2 aromatic carbocycles. The first-order valence-corrected chi connectivity index (χ1v) is 11.7. The van der Waals surface area contributed by atoms with Crippen LogP contribution < -0.4 is 5.32 Å². The highest BCUT2D eigenvalue weighted by Gasteiger charge is 2.29. The lowest BCUT2D eigenvalue weighted by Crippen LogP contribution is -2.48. The van der Waals surface area contributed by atoms with Crippen molar-refractivity contribution in [3.8, 4) is 0 Å². The topological polar surface area (TPSA) is 95.5 Å². The lowest BCUT2D eigenvalue weighted by Gasteiger charge is -2.33. The fourth-order valence-electron chi connectivity index (χ4n) is 4.17. The lowest BCUT2D eigenvalue weighted by molar-refractivity contribution is 0.101. The smallest absolute Gasteiger partial charge is 0.243 e. The highest BCUT2D eigenvalue weighted by molar-refractivity contribution is 7.89. The van der Waals surface area contributed by atoms with Crippen LogP contribution in [0.15, 0.2) is 47.4 Å². The molecule has 1 fully saturated rings. The first-order valence-electron chi connectivity index (χ1n) is 10.3. The largest absolute Gasteiger partial charge is 0.362 e. The number of carbonyl (C=O) groups is 1. The SMILES string of the molecule is Cc1cccc(S(=O)(=O)N2CCN(Cc3nc4c5c(cccc5n3)C(=O)CN4)CC2)c1. The van der Waals surface area contributed by atoms with Crippen LogP contribution in [0.5, 0.6) is 0 Å². The third-order valence-electron chi connectivity index (χ3n) is 5.81. The Hall–Kier alpha value is -2.88. The standard InChI is InChI=1S/C22H23N5O3S/c1-15-4-2-5-16(12-15)31(29,30)27-10-8-26(9-11-27)14-20-24-18-7-3-6-17-19(28)13-23-22(25-20)21(17)18/h2-7,12H,8-11,13-14H2,1H3,(H,23,24,25). The second-order valence-corrected chi connectivity index (χ2v) is 9.90. The van der Waals surface area contributed by atoms with Gasteiger partial charge in [0.1, 0.15) is 11.6 Å². The van der Waals surface area contributed by atoms with Crippen LogP contribution in [0.25, 0.3) is 10.9 Å². The van der Waals surface area contributed by atoms with E-state index < -0.39 is 10.0 Å². The number of sulfonamides is 1. The van der Waals surface area contributed by atoms with E-state index in [9.17, 15) is 13.2 Å². The van der Waals surface area contributed by atoms with Gasteiger partial charge in [-0.05, 0) is 30.7 Å². The maximum Gasteiger partial charge on any atom is 0.243 e. The van der Waals surface area contributed by atoms with Gasteiger partial charge in [-0.15, -0.1) is 0 Å². The van der Waals surface area contributed by atoms with Gasteiger partial charge >= 0.3 is 0 Å². The molecule has 1 aromatic heterocycles. The number of rotatable bonds is 4. The van der Waals surface area contributed by atoms with E-state index in [2.05, 4.69) is 20.2 Å². The van der Waals surface area contributed by atoms with Gasteiger partial charge in [-0.1, -0.05) is 24.3 Å². The summed E-state index contributed by atoms with van der Waals surface area (Å²) in [4.78, 5) is 23.9. The first-order chi connectivity index (χ1) is 14.9. The molecule has 0 amide bonds. The van der Waals surface area contributed by atoms with Crippen LogP contribution in [-0.2, 0) is 16.6 Å². The second-order valence-electron chi connectivity index (χ2n) is 7.96. The molecule has 0 spiro atoms. The molecule has 0 bridgehead atoms. The number of piperazine rings is 1. The van der Waals surface area contributed by atoms with Gasteiger partial charge in [0.05, 0.1) is 28.9 Å². The fraction of sp³-hybridized carbons (Fsp3) is 0.318. The lowest BCUT2D eigenvalue weighted by atomic mass is 10.0. The molecule has 5 rings (SSSR count). The molecule has 0 saturated carbocycles. The van der Waals surface area contributed by atoms with Gasteiger partial charge in [0.2, 0.25) is 10.0 Å². The molecule has 2 aliphatic rings. The van der Waals surface area contributed by atoms with E-state index in [4.69, 9.17) is 0 Å². The average molecular weight is 438 g/mol. The first kappa shape index (κ1) is 20.0. The van der Waals surface area contributed by atoms with E-state index >= 15 is 0 Å². The summed E-state index contributed by atoms with van der Waals surface area (Å²) < 4.78 is 27.4. The van der Waals surface area contributed by atoms with E-state index in [1.807, 2.05) is 31.2 Å². The third kappa shape index (κ3) is 3.69. The summed E-state index contributed by atoms with van der Waals surface area (Å²) in [7, 11) is -3.49. The number of aryl methyl sites for hydroxylation is 1. The molecule has 8 nitrogen and oxygen atoms in total. The Morgan fingerprint density at radius 3 is 2.58 bits per heavy atom. The van der Waals surface area contributed by atoms with Crippen molar-refractivity contribution in [3.05, 3.63) is 59.4 Å². The Morgan fingerprint density at radius 1 is 1.03 bits per heavy atom. The summed E-state index contributed by atoms with van der Waals surface area (Å²) in [5.74, 6) is 1.40. The van der Waals surface area contributed by atoms with Crippen molar-refractivity contribution in [1.29, 1.82) is 0 Å². The van der Waals surface area contributed by atoms with Crippen molar-refractivity contribution in [1.82, 2.24) is 19.2 Å². The molecule has 0 aliphatic carbocycles. The van der Waals surface area contributed by atoms with Gasteiger partial charge in [-0.3, -0.25) is 9.69 Å². The van der Waals surface area contributed by atoms with Crippen LogP contribution in [0.2, 0.25) is 0 Å². The van der Waals surface area contributed by atoms with Crippen LogP contribution in [-0.4, -0.2) is 66.1 Å². The number of nitrogens with zero attached hydrogens (tertiary/aromatic N) is 4. The summed E-state index contributed by atoms with van der Waals surface area (Å²) in [5.41, 5.74) is 2.34. The quantitative estimate of drug-likeness (QED) is 0.667. The normalized spacial score (nSPS) is 17.6. The molecule has 2 aliphatic heterocycles. The molecule has 3 heterocycles. The minimum absolute atomic E-state index is 0.0420. The molecule has 0 unspecified atom stereocenters. The average Bonchev–Trinajstić information content (AvgIpc) is 2.76. The van der Waals surface area contributed by atoms with Crippen molar-refractivity contribution < 1.29 is 13.2 Å². The van der Waals surface area contributed by atoms with Crippen molar-refractivity contribution >= 4 is 32.5 Å². The molecule has 0 atom stereocenters.